The molecular formula is C30H46F2O. The molecule has 4 unspecified atom stereocenters. The number of hydrogen-bond donors (Lipinski definition) is 0. The Morgan fingerprint density at radius 2 is 1.39 bits per heavy atom. The van der Waals surface area contributed by atoms with Crippen LogP contribution in [0.3, 0.4) is 0 Å². The quantitative estimate of drug-likeness (QED) is 0.333. The standard InChI is InChI=1S/C30H46F2O/c1-3-5-6-7-8-21-9-11-22(12-10-21)23-13-14-25-20-26(16-15-24(25)19-23)27-17-18-28(33-4-2)30(32)29(27)31/h17-18,21-26H,3-16,19-20H2,1-2H3. The van der Waals surface area contributed by atoms with Gasteiger partial charge in [0.25, 0.3) is 0 Å². The highest BCUT2D eigenvalue weighted by molar-refractivity contribution is 5.33. The van der Waals surface area contributed by atoms with E-state index in [1.54, 1.807) is 19.1 Å². The molecule has 0 aromatic heterocycles. The molecule has 0 radical (unpaired) electrons. The van der Waals surface area contributed by atoms with E-state index in [9.17, 15) is 8.78 Å². The van der Waals surface area contributed by atoms with Gasteiger partial charge in [-0.2, -0.15) is 4.39 Å². The van der Waals surface area contributed by atoms with Crippen LogP contribution in [-0.4, -0.2) is 6.61 Å². The Kier molecular flexibility index (Phi) is 9.11. The Labute approximate surface area is 201 Å². The van der Waals surface area contributed by atoms with Crippen LogP contribution in [0.25, 0.3) is 0 Å². The second-order valence-corrected chi connectivity index (χ2v) is 11.4. The molecule has 3 saturated carbocycles. The second-order valence-electron chi connectivity index (χ2n) is 11.4. The molecule has 3 aliphatic carbocycles. The van der Waals surface area contributed by atoms with Gasteiger partial charge in [-0.25, -0.2) is 4.39 Å². The van der Waals surface area contributed by atoms with E-state index in [0.717, 1.165) is 36.5 Å². The van der Waals surface area contributed by atoms with E-state index in [4.69, 9.17) is 4.74 Å². The summed E-state index contributed by atoms with van der Waals surface area (Å²) in [6.45, 7) is 4.44. The molecule has 4 atom stereocenters. The highest BCUT2D eigenvalue weighted by Gasteiger charge is 2.39. The fourth-order valence-corrected chi connectivity index (χ4v) is 7.57. The van der Waals surface area contributed by atoms with Gasteiger partial charge in [-0.05, 0) is 105 Å². The number of hydrogen-bond acceptors (Lipinski definition) is 1. The summed E-state index contributed by atoms with van der Waals surface area (Å²) in [5.41, 5.74) is 0.578. The number of ether oxygens (including phenoxy) is 1. The first-order valence-corrected chi connectivity index (χ1v) is 14.2. The van der Waals surface area contributed by atoms with E-state index < -0.39 is 11.6 Å². The van der Waals surface area contributed by atoms with Gasteiger partial charge in [-0.1, -0.05) is 57.9 Å². The van der Waals surface area contributed by atoms with Crippen molar-refractivity contribution in [1.29, 1.82) is 0 Å². The average Bonchev–Trinajstić information content (AvgIpc) is 2.85. The van der Waals surface area contributed by atoms with Crippen molar-refractivity contribution < 1.29 is 13.5 Å². The minimum Gasteiger partial charge on any atom is -0.491 e. The first-order valence-electron chi connectivity index (χ1n) is 14.2. The predicted octanol–water partition coefficient (Wildman–Crippen LogP) is 9.44. The summed E-state index contributed by atoms with van der Waals surface area (Å²) in [4.78, 5) is 0. The molecular weight excluding hydrogens is 414 g/mol. The summed E-state index contributed by atoms with van der Waals surface area (Å²) in [7, 11) is 0. The lowest BCUT2D eigenvalue weighted by Gasteiger charge is -2.45. The molecule has 0 aliphatic heterocycles. The zero-order chi connectivity index (χ0) is 23.2. The SMILES string of the molecule is CCCCCCC1CCC(C2CCC3CC(c4ccc(OCC)c(F)c4F)CCC3C2)CC1. The van der Waals surface area contributed by atoms with Gasteiger partial charge in [0.2, 0.25) is 5.82 Å². The second kappa shape index (κ2) is 12.0. The van der Waals surface area contributed by atoms with Crippen LogP contribution in [0.5, 0.6) is 5.75 Å². The normalized spacial score (nSPS) is 32.4. The molecule has 0 amide bonds. The molecule has 1 aromatic rings. The zero-order valence-corrected chi connectivity index (χ0v) is 21.1. The van der Waals surface area contributed by atoms with Gasteiger partial charge < -0.3 is 4.74 Å². The number of halogens is 2. The third-order valence-electron chi connectivity index (χ3n) is 9.49. The van der Waals surface area contributed by atoms with E-state index in [1.807, 2.05) is 0 Å². The van der Waals surface area contributed by atoms with Gasteiger partial charge >= 0.3 is 0 Å². The number of benzene rings is 1. The first kappa shape index (κ1) is 25.0. The maximum atomic E-state index is 14.8. The van der Waals surface area contributed by atoms with Crippen LogP contribution in [-0.2, 0) is 0 Å². The zero-order valence-electron chi connectivity index (χ0n) is 21.1. The maximum Gasteiger partial charge on any atom is 0.200 e. The van der Waals surface area contributed by atoms with Crippen molar-refractivity contribution >= 4 is 0 Å². The van der Waals surface area contributed by atoms with Crippen LogP contribution in [0.15, 0.2) is 12.1 Å². The summed E-state index contributed by atoms with van der Waals surface area (Å²) in [6.07, 6.45) is 20.2. The first-order chi connectivity index (χ1) is 16.1. The van der Waals surface area contributed by atoms with Crippen molar-refractivity contribution in [1.82, 2.24) is 0 Å². The largest absolute Gasteiger partial charge is 0.491 e. The molecule has 0 N–H and O–H groups in total. The Bertz CT molecular complexity index is 739. The molecule has 33 heavy (non-hydrogen) atoms. The van der Waals surface area contributed by atoms with E-state index in [1.165, 1.54) is 83.5 Å². The Balaban J connectivity index is 1.26. The van der Waals surface area contributed by atoms with Crippen LogP contribution in [0.1, 0.15) is 122 Å². The monoisotopic (exact) mass is 460 g/mol. The fraction of sp³-hybridized carbons (Fsp3) is 0.800. The molecule has 1 nitrogen and oxygen atoms in total. The lowest BCUT2D eigenvalue weighted by atomic mass is 9.60. The van der Waals surface area contributed by atoms with Gasteiger partial charge in [0.1, 0.15) is 0 Å². The average molecular weight is 461 g/mol. The lowest BCUT2D eigenvalue weighted by molar-refractivity contribution is 0.0705. The Hall–Kier alpha value is -1.12. The topological polar surface area (TPSA) is 9.23 Å². The summed E-state index contributed by atoms with van der Waals surface area (Å²) >= 11 is 0. The summed E-state index contributed by atoms with van der Waals surface area (Å²) < 4.78 is 34.5. The van der Waals surface area contributed by atoms with Crippen LogP contribution in [0.2, 0.25) is 0 Å². The molecule has 3 aliphatic rings. The maximum absolute atomic E-state index is 14.8. The lowest BCUT2D eigenvalue weighted by Crippen LogP contribution is -2.34. The Morgan fingerprint density at radius 3 is 2.12 bits per heavy atom. The molecule has 3 heteroatoms. The van der Waals surface area contributed by atoms with Crippen molar-refractivity contribution in [3.63, 3.8) is 0 Å². The van der Waals surface area contributed by atoms with E-state index in [2.05, 4.69) is 6.92 Å². The highest BCUT2D eigenvalue weighted by atomic mass is 19.2. The summed E-state index contributed by atoms with van der Waals surface area (Å²) in [6, 6.07) is 3.40. The van der Waals surface area contributed by atoms with Gasteiger partial charge in [0, 0.05) is 0 Å². The third kappa shape index (κ3) is 6.12. The van der Waals surface area contributed by atoms with Gasteiger partial charge in [0.15, 0.2) is 11.6 Å². The third-order valence-corrected chi connectivity index (χ3v) is 9.49. The molecule has 3 fully saturated rings. The van der Waals surface area contributed by atoms with E-state index >= 15 is 0 Å². The summed E-state index contributed by atoms with van der Waals surface area (Å²) in [5, 5.41) is 0. The van der Waals surface area contributed by atoms with Crippen molar-refractivity contribution in [3.05, 3.63) is 29.3 Å². The smallest absolute Gasteiger partial charge is 0.200 e. The molecule has 186 valence electrons. The van der Waals surface area contributed by atoms with Gasteiger partial charge in [0.05, 0.1) is 6.61 Å². The molecule has 0 heterocycles. The van der Waals surface area contributed by atoms with Crippen molar-refractivity contribution in [2.24, 2.45) is 29.6 Å². The van der Waals surface area contributed by atoms with Gasteiger partial charge in [-0.3, -0.25) is 0 Å². The minimum atomic E-state index is -0.804. The van der Waals surface area contributed by atoms with Crippen LogP contribution >= 0.6 is 0 Å². The van der Waals surface area contributed by atoms with Gasteiger partial charge in [-0.15, -0.1) is 0 Å². The molecule has 0 bridgehead atoms. The number of unbranched alkanes of at least 4 members (excludes halogenated alkanes) is 3. The molecule has 4 rings (SSSR count). The molecule has 1 aromatic carbocycles. The van der Waals surface area contributed by atoms with Crippen molar-refractivity contribution in [2.75, 3.05) is 6.61 Å². The van der Waals surface area contributed by atoms with Crippen molar-refractivity contribution in [3.8, 4) is 5.75 Å². The number of rotatable bonds is 9. The predicted molar refractivity (Wildman–Crippen MR) is 133 cm³/mol. The summed E-state index contributed by atoms with van der Waals surface area (Å²) in [5.74, 6) is 3.10. The number of fused-ring (bicyclic) bond motifs is 1. The van der Waals surface area contributed by atoms with Crippen molar-refractivity contribution in [2.45, 2.75) is 116 Å². The fourth-order valence-electron chi connectivity index (χ4n) is 7.57. The van der Waals surface area contributed by atoms with Crippen LogP contribution in [0.4, 0.5) is 8.78 Å². The Morgan fingerprint density at radius 1 is 0.727 bits per heavy atom. The molecule has 0 spiro atoms. The molecule has 0 saturated heterocycles. The minimum absolute atomic E-state index is 0.0450. The van der Waals surface area contributed by atoms with E-state index in [0.29, 0.717) is 18.1 Å². The van der Waals surface area contributed by atoms with Crippen LogP contribution in [0, 0.1) is 41.2 Å². The van der Waals surface area contributed by atoms with E-state index in [-0.39, 0.29) is 11.7 Å². The van der Waals surface area contributed by atoms with Crippen LogP contribution < -0.4 is 4.74 Å². The highest BCUT2D eigenvalue weighted by Crippen LogP contribution is 2.51.